The number of hydrogen-bond acceptors (Lipinski definition) is 5. The zero-order valence-corrected chi connectivity index (χ0v) is 12.0. The average molecular weight is 252 g/mol. The highest BCUT2D eigenvalue weighted by molar-refractivity contribution is 5.59. The van der Waals surface area contributed by atoms with Gasteiger partial charge in [-0.25, -0.2) is 9.97 Å². The molecule has 0 fully saturated rings. The molecule has 0 aromatic carbocycles. The lowest BCUT2D eigenvalue weighted by atomic mass is 10.0. The molecular weight excluding hydrogens is 228 g/mol. The fourth-order valence-corrected chi connectivity index (χ4v) is 1.73. The molecular formula is C13H24N4O. The van der Waals surface area contributed by atoms with E-state index in [1.165, 1.54) is 0 Å². The number of hydrogen-bond donors (Lipinski definition) is 2. The van der Waals surface area contributed by atoms with Gasteiger partial charge in [-0.05, 0) is 27.2 Å². The van der Waals surface area contributed by atoms with Gasteiger partial charge in [0.25, 0.3) is 0 Å². The summed E-state index contributed by atoms with van der Waals surface area (Å²) >= 11 is 0. The summed E-state index contributed by atoms with van der Waals surface area (Å²) in [6, 6.07) is 0. The number of nitrogens with zero attached hydrogens (tertiary/aromatic N) is 3. The predicted molar refractivity (Wildman–Crippen MR) is 75.1 cm³/mol. The first-order chi connectivity index (χ1) is 8.47. The molecule has 0 spiro atoms. The van der Waals surface area contributed by atoms with Crippen LogP contribution in [-0.4, -0.2) is 40.8 Å². The molecule has 5 heteroatoms. The van der Waals surface area contributed by atoms with Gasteiger partial charge in [0, 0.05) is 19.2 Å². The Balaban J connectivity index is 3.19. The molecule has 1 aromatic rings. The van der Waals surface area contributed by atoms with Crippen molar-refractivity contribution in [2.24, 2.45) is 0 Å². The van der Waals surface area contributed by atoms with Crippen LogP contribution in [0.3, 0.4) is 0 Å². The van der Waals surface area contributed by atoms with Crippen LogP contribution in [0.25, 0.3) is 0 Å². The molecule has 1 aromatic heterocycles. The Labute approximate surface area is 109 Å². The normalized spacial score (nSPS) is 11.4. The van der Waals surface area contributed by atoms with E-state index in [1.807, 2.05) is 32.7 Å². The molecule has 0 saturated carbocycles. The molecule has 0 radical (unpaired) electrons. The van der Waals surface area contributed by atoms with Crippen molar-refractivity contribution in [3.8, 4) is 0 Å². The van der Waals surface area contributed by atoms with Crippen LogP contribution < -0.4 is 10.2 Å². The SMILES string of the molecule is CCNc1ncnc(N(C)C(C)(C)CO)c1CC. The first-order valence-electron chi connectivity index (χ1n) is 6.40. The van der Waals surface area contributed by atoms with Gasteiger partial charge in [-0.15, -0.1) is 0 Å². The van der Waals surface area contributed by atoms with E-state index in [4.69, 9.17) is 0 Å². The van der Waals surface area contributed by atoms with Gasteiger partial charge in [0.1, 0.15) is 18.0 Å². The second-order valence-electron chi connectivity index (χ2n) is 4.94. The maximum absolute atomic E-state index is 9.46. The lowest BCUT2D eigenvalue weighted by Crippen LogP contribution is -2.45. The van der Waals surface area contributed by atoms with Crippen LogP contribution in [0.15, 0.2) is 6.33 Å². The lowest BCUT2D eigenvalue weighted by Gasteiger charge is -2.36. The Morgan fingerprint density at radius 1 is 1.33 bits per heavy atom. The first-order valence-corrected chi connectivity index (χ1v) is 6.40. The summed E-state index contributed by atoms with van der Waals surface area (Å²) in [6.07, 6.45) is 2.42. The quantitative estimate of drug-likeness (QED) is 0.806. The van der Waals surface area contributed by atoms with Crippen molar-refractivity contribution in [1.29, 1.82) is 0 Å². The van der Waals surface area contributed by atoms with Crippen molar-refractivity contribution in [3.63, 3.8) is 0 Å². The lowest BCUT2D eigenvalue weighted by molar-refractivity contribution is 0.215. The smallest absolute Gasteiger partial charge is 0.137 e. The Bertz CT molecular complexity index is 393. The molecule has 5 nitrogen and oxygen atoms in total. The summed E-state index contributed by atoms with van der Waals surface area (Å²) in [5.41, 5.74) is 0.741. The molecule has 102 valence electrons. The Kier molecular flexibility index (Phi) is 4.90. The van der Waals surface area contributed by atoms with Crippen molar-refractivity contribution >= 4 is 11.6 Å². The minimum atomic E-state index is -0.345. The molecule has 0 bridgehead atoms. The maximum Gasteiger partial charge on any atom is 0.137 e. The molecule has 0 amide bonds. The molecule has 0 aliphatic carbocycles. The number of anilines is 2. The van der Waals surface area contributed by atoms with Crippen molar-refractivity contribution in [2.45, 2.75) is 39.7 Å². The fourth-order valence-electron chi connectivity index (χ4n) is 1.73. The highest BCUT2D eigenvalue weighted by Crippen LogP contribution is 2.27. The van der Waals surface area contributed by atoms with Gasteiger partial charge in [0.05, 0.1) is 12.1 Å². The van der Waals surface area contributed by atoms with E-state index in [0.29, 0.717) is 0 Å². The molecule has 0 atom stereocenters. The van der Waals surface area contributed by atoms with Gasteiger partial charge in [0.2, 0.25) is 0 Å². The highest BCUT2D eigenvalue weighted by Gasteiger charge is 2.26. The van der Waals surface area contributed by atoms with E-state index in [-0.39, 0.29) is 12.1 Å². The van der Waals surface area contributed by atoms with Crippen LogP contribution >= 0.6 is 0 Å². The first kappa shape index (κ1) is 14.7. The van der Waals surface area contributed by atoms with E-state index in [1.54, 1.807) is 6.33 Å². The highest BCUT2D eigenvalue weighted by atomic mass is 16.3. The van der Waals surface area contributed by atoms with Crippen LogP contribution in [0, 0.1) is 0 Å². The molecule has 0 aliphatic rings. The van der Waals surface area contributed by atoms with Crippen LogP contribution in [0.1, 0.15) is 33.3 Å². The third-order valence-corrected chi connectivity index (χ3v) is 3.23. The monoisotopic (exact) mass is 252 g/mol. The topological polar surface area (TPSA) is 61.3 Å². The van der Waals surface area contributed by atoms with E-state index in [0.717, 1.165) is 30.2 Å². The van der Waals surface area contributed by atoms with Crippen LogP contribution in [0.2, 0.25) is 0 Å². The van der Waals surface area contributed by atoms with E-state index >= 15 is 0 Å². The zero-order chi connectivity index (χ0) is 13.8. The summed E-state index contributed by atoms with van der Waals surface area (Å²) in [7, 11) is 1.95. The number of nitrogens with one attached hydrogen (secondary N) is 1. The molecule has 1 rings (SSSR count). The Hall–Kier alpha value is -1.36. The van der Waals surface area contributed by atoms with Crippen molar-refractivity contribution in [1.82, 2.24) is 9.97 Å². The number of aliphatic hydroxyl groups excluding tert-OH is 1. The van der Waals surface area contributed by atoms with Gasteiger partial charge < -0.3 is 15.3 Å². The summed E-state index contributed by atoms with van der Waals surface area (Å²) in [4.78, 5) is 10.7. The van der Waals surface area contributed by atoms with Crippen molar-refractivity contribution < 1.29 is 5.11 Å². The fraction of sp³-hybridized carbons (Fsp3) is 0.692. The zero-order valence-electron chi connectivity index (χ0n) is 12.0. The maximum atomic E-state index is 9.46. The van der Waals surface area contributed by atoms with Crippen LogP contribution in [0.4, 0.5) is 11.6 Å². The number of rotatable bonds is 6. The molecule has 2 N–H and O–H groups in total. The van der Waals surface area contributed by atoms with Gasteiger partial charge in [-0.3, -0.25) is 0 Å². The molecule has 0 aliphatic heterocycles. The molecule has 1 heterocycles. The Morgan fingerprint density at radius 2 is 2.00 bits per heavy atom. The number of aromatic nitrogens is 2. The second kappa shape index (κ2) is 6.00. The molecule has 0 unspecified atom stereocenters. The largest absolute Gasteiger partial charge is 0.394 e. The third kappa shape index (κ3) is 2.90. The minimum absolute atomic E-state index is 0.0766. The van der Waals surface area contributed by atoms with Crippen molar-refractivity contribution in [3.05, 3.63) is 11.9 Å². The van der Waals surface area contributed by atoms with Gasteiger partial charge >= 0.3 is 0 Å². The van der Waals surface area contributed by atoms with E-state index < -0.39 is 0 Å². The number of aliphatic hydroxyl groups is 1. The summed E-state index contributed by atoms with van der Waals surface area (Å²) < 4.78 is 0. The average Bonchev–Trinajstić information content (AvgIpc) is 2.38. The van der Waals surface area contributed by atoms with Crippen LogP contribution in [0.5, 0.6) is 0 Å². The van der Waals surface area contributed by atoms with Gasteiger partial charge in [0.15, 0.2) is 0 Å². The Morgan fingerprint density at radius 3 is 2.50 bits per heavy atom. The standard InChI is InChI=1S/C13H24N4O/c1-6-10-11(14-7-2)15-9-16-12(10)17(5)13(3,4)8-18/h9,18H,6-8H2,1-5H3,(H,14,15,16). The third-order valence-electron chi connectivity index (χ3n) is 3.23. The van der Waals surface area contributed by atoms with E-state index in [9.17, 15) is 5.11 Å². The molecule has 18 heavy (non-hydrogen) atoms. The summed E-state index contributed by atoms with van der Waals surface area (Å²) in [6.45, 7) is 9.01. The second-order valence-corrected chi connectivity index (χ2v) is 4.94. The summed E-state index contributed by atoms with van der Waals surface area (Å²) in [5, 5.41) is 12.7. The number of likely N-dealkylation sites (N-methyl/N-ethyl adjacent to an activating group) is 1. The van der Waals surface area contributed by atoms with E-state index in [2.05, 4.69) is 22.2 Å². The van der Waals surface area contributed by atoms with Crippen LogP contribution in [-0.2, 0) is 6.42 Å². The predicted octanol–water partition coefficient (Wildman–Crippen LogP) is 1.68. The van der Waals surface area contributed by atoms with Gasteiger partial charge in [-0.1, -0.05) is 6.92 Å². The summed E-state index contributed by atoms with van der Waals surface area (Å²) in [5.74, 6) is 1.76. The molecule has 0 saturated heterocycles. The minimum Gasteiger partial charge on any atom is -0.394 e. The van der Waals surface area contributed by atoms with Crippen molar-refractivity contribution in [2.75, 3.05) is 30.4 Å². The van der Waals surface area contributed by atoms with Gasteiger partial charge in [-0.2, -0.15) is 0 Å².